The van der Waals surface area contributed by atoms with E-state index in [4.69, 9.17) is 27.4 Å². The van der Waals surface area contributed by atoms with Crippen molar-refractivity contribution in [2.75, 3.05) is 33.4 Å². The Kier molecular flexibility index (Phi) is 6.42. The van der Waals surface area contributed by atoms with Crippen LogP contribution in [0.2, 0.25) is 0 Å². The third-order valence-corrected chi connectivity index (χ3v) is 3.85. The number of nitrogens with two attached hydrogens (primary N) is 1. The SMILES string of the molecule is CN(CCCOc1cccc(C(N)=S)c1)CC1CCCO1. The maximum absolute atomic E-state index is 5.74. The fourth-order valence-corrected chi connectivity index (χ4v) is 2.62. The highest BCUT2D eigenvalue weighted by atomic mass is 32.1. The summed E-state index contributed by atoms with van der Waals surface area (Å²) in [4.78, 5) is 2.71. The summed E-state index contributed by atoms with van der Waals surface area (Å²) in [7, 11) is 2.13. The molecular weight excluding hydrogens is 284 g/mol. The van der Waals surface area contributed by atoms with Crippen molar-refractivity contribution >= 4 is 17.2 Å². The van der Waals surface area contributed by atoms with Gasteiger partial charge >= 0.3 is 0 Å². The highest BCUT2D eigenvalue weighted by molar-refractivity contribution is 7.80. The molecule has 1 aliphatic heterocycles. The van der Waals surface area contributed by atoms with Gasteiger partial charge in [0.2, 0.25) is 0 Å². The Morgan fingerprint density at radius 1 is 1.52 bits per heavy atom. The van der Waals surface area contributed by atoms with Gasteiger partial charge in [-0.25, -0.2) is 0 Å². The zero-order chi connectivity index (χ0) is 15.1. The third kappa shape index (κ3) is 5.61. The molecule has 1 aromatic rings. The summed E-state index contributed by atoms with van der Waals surface area (Å²) in [5, 5.41) is 0. The van der Waals surface area contributed by atoms with Crippen molar-refractivity contribution in [3.63, 3.8) is 0 Å². The minimum atomic E-state index is 0.400. The van der Waals surface area contributed by atoms with Gasteiger partial charge in [-0.1, -0.05) is 24.4 Å². The van der Waals surface area contributed by atoms with Crippen LogP contribution in [0.15, 0.2) is 24.3 Å². The number of benzene rings is 1. The topological polar surface area (TPSA) is 47.7 Å². The van der Waals surface area contributed by atoms with Crippen LogP contribution >= 0.6 is 12.2 Å². The molecule has 0 saturated carbocycles. The normalized spacial score (nSPS) is 18.1. The van der Waals surface area contributed by atoms with E-state index in [1.165, 1.54) is 12.8 Å². The van der Waals surface area contributed by atoms with E-state index in [2.05, 4.69) is 11.9 Å². The Labute approximate surface area is 132 Å². The molecular formula is C16H24N2O2S. The van der Waals surface area contributed by atoms with E-state index in [-0.39, 0.29) is 0 Å². The standard InChI is InChI=1S/C16H24N2O2S/c1-18(12-15-7-3-9-20-15)8-4-10-19-14-6-2-5-13(11-14)16(17)21/h2,5-6,11,15H,3-4,7-10,12H2,1H3,(H2,17,21). The Morgan fingerprint density at radius 2 is 2.38 bits per heavy atom. The van der Waals surface area contributed by atoms with Crippen LogP contribution in [0.1, 0.15) is 24.8 Å². The van der Waals surface area contributed by atoms with E-state index in [0.717, 1.165) is 37.4 Å². The van der Waals surface area contributed by atoms with Crippen LogP contribution in [0.3, 0.4) is 0 Å². The van der Waals surface area contributed by atoms with Crippen molar-refractivity contribution in [1.82, 2.24) is 4.90 Å². The first kappa shape index (κ1) is 16.2. The van der Waals surface area contributed by atoms with Crippen molar-refractivity contribution < 1.29 is 9.47 Å². The molecule has 0 bridgehead atoms. The second-order valence-corrected chi connectivity index (χ2v) is 5.93. The molecule has 0 radical (unpaired) electrons. The Balaban J connectivity index is 1.64. The molecule has 5 heteroatoms. The molecule has 1 aliphatic rings. The van der Waals surface area contributed by atoms with Crippen molar-refractivity contribution in [2.24, 2.45) is 5.73 Å². The lowest BCUT2D eigenvalue weighted by atomic mass is 10.2. The maximum Gasteiger partial charge on any atom is 0.119 e. The molecule has 0 aromatic heterocycles. The zero-order valence-electron chi connectivity index (χ0n) is 12.6. The molecule has 0 aliphatic carbocycles. The maximum atomic E-state index is 5.74. The van der Waals surface area contributed by atoms with Gasteiger partial charge in [-0.15, -0.1) is 0 Å². The Morgan fingerprint density at radius 3 is 3.10 bits per heavy atom. The van der Waals surface area contributed by atoms with Crippen LogP contribution in [-0.4, -0.2) is 49.3 Å². The van der Waals surface area contributed by atoms with E-state index in [1.54, 1.807) is 0 Å². The van der Waals surface area contributed by atoms with Gasteiger partial charge in [0.25, 0.3) is 0 Å². The van der Waals surface area contributed by atoms with E-state index >= 15 is 0 Å². The number of hydrogen-bond acceptors (Lipinski definition) is 4. The van der Waals surface area contributed by atoms with Crippen LogP contribution in [0.25, 0.3) is 0 Å². The molecule has 2 rings (SSSR count). The van der Waals surface area contributed by atoms with E-state index < -0.39 is 0 Å². The summed E-state index contributed by atoms with van der Waals surface area (Å²) in [5.41, 5.74) is 6.46. The lowest BCUT2D eigenvalue weighted by molar-refractivity contribution is 0.0797. The van der Waals surface area contributed by atoms with Crippen LogP contribution < -0.4 is 10.5 Å². The minimum Gasteiger partial charge on any atom is -0.494 e. The molecule has 1 saturated heterocycles. The number of likely N-dealkylation sites (N-methyl/N-ethyl adjacent to an activating group) is 1. The first-order valence-electron chi connectivity index (χ1n) is 7.48. The molecule has 21 heavy (non-hydrogen) atoms. The first-order chi connectivity index (χ1) is 10.1. The van der Waals surface area contributed by atoms with Gasteiger partial charge < -0.3 is 20.1 Å². The quantitative estimate of drug-likeness (QED) is 0.589. The molecule has 1 fully saturated rings. The van der Waals surface area contributed by atoms with Crippen molar-refractivity contribution in [2.45, 2.75) is 25.4 Å². The number of thiocarbonyl (C=S) groups is 1. The number of hydrogen-bond donors (Lipinski definition) is 1. The van der Waals surface area contributed by atoms with Gasteiger partial charge in [0.05, 0.1) is 12.7 Å². The fraction of sp³-hybridized carbons (Fsp3) is 0.562. The smallest absolute Gasteiger partial charge is 0.119 e. The highest BCUT2D eigenvalue weighted by Gasteiger charge is 2.16. The van der Waals surface area contributed by atoms with E-state index in [9.17, 15) is 0 Å². The summed E-state index contributed by atoms with van der Waals surface area (Å²) in [6, 6.07) is 7.62. The number of ether oxygens (including phenoxy) is 2. The summed E-state index contributed by atoms with van der Waals surface area (Å²) >= 11 is 4.96. The highest BCUT2D eigenvalue weighted by Crippen LogP contribution is 2.14. The summed E-state index contributed by atoms with van der Waals surface area (Å²) in [6.45, 7) is 3.63. The molecule has 1 atom stereocenters. The molecule has 2 N–H and O–H groups in total. The van der Waals surface area contributed by atoms with Crippen LogP contribution in [0.5, 0.6) is 5.75 Å². The zero-order valence-corrected chi connectivity index (χ0v) is 13.4. The average molecular weight is 308 g/mol. The molecule has 1 heterocycles. The van der Waals surface area contributed by atoms with Gasteiger partial charge in [0.1, 0.15) is 10.7 Å². The average Bonchev–Trinajstić information content (AvgIpc) is 2.97. The van der Waals surface area contributed by atoms with Gasteiger partial charge in [0.15, 0.2) is 0 Å². The van der Waals surface area contributed by atoms with Crippen LogP contribution in [-0.2, 0) is 4.74 Å². The second kappa shape index (κ2) is 8.32. The second-order valence-electron chi connectivity index (χ2n) is 5.49. The first-order valence-corrected chi connectivity index (χ1v) is 7.89. The fourth-order valence-electron chi connectivity index (χ4n) is 2.49. The molecule has 1 unspecified atom stereocenters. The van der Waals surface area contributed by atoms with Crippen molar-refractivity contribution in [3.05, 3.63) is 29.8 Å². The van der Waals surface area contributed by atoms with Gasteiger partial charge in [-0.3, -0.25) is 0 Å². The largest absolute Gasteiger partial charge is 0.494 e. The summed E-state index contributed by atoms with van der Waals surface area (Å²) < 4.78 is 11.4. The van der Waals surface area contributed by atoms with Crippen LogP contribution in [0.4, 0.5) is 0 Å². The van der Waals surface area contributed by atoms with E-state index in [1.807, 2.05) is 24.3 Å². The molecule has 0 amide bonds. The summed E-state index contributed by atoms with van der Waals surface area (Å²) in [6.07, 6.45) is 3.78. The lowest BCUT2D eigenvalue weighted by Gasteiger charge is -2.20. The van der Waals surface area contributed by atoms with E-state index in [0.29, 0.717) is 17.7 Å². The Bertz CT molecular complexity index is 461. The Hall–Kier alpha value is -1.17. The van der Waals surface area contributed by atoms with Crippen LogP contribution in [0, 0.1) is 0 Å². The monoisotopic (exact) mass is 308 g/mol. The minimum absolute atomic E-state index is 0.400. The number of rotatable bonds is 8. The number of nitrogens with zero attached hydrogens (tertiary/aromatic N) is 1. The predicted molar refractivity (Wildman–Crippen MR) is 88.9 cm³/mol. The predicted octanol–water partition coefficient (Wildman–Crippen LogP) is 2.20. The molecule has 0 spiro atoms. The summed E-state index contributed by atoms with van der Waals surface area (Å²) in [5.74, 6) is 0.821. The van der Waals surface area contributed by atoms with Crippen molar-refractivity contribution in [3.8, 4) is 5.75 Å². The van der Waals surface area contributed by atoms with Gasteiger partial charge in [-0.05, 0) is 38.4 Å². The molecule has 1 aromatic carbocycles. The lowest BCUT2D eigenvalue weighted by Crippen LogP contribution is -2.30. The molecule has 116 valence electrons. The van der Waals surface area contributed by atoms with Gasteiger partial charge in [-0.2, -0.15) is 0 Å². The van der Waals surface area contributed by atoms with Gasteiger partial charge in [0, 0.05) is 25.3 Å². The van der Waals surface area contributed by atoms with Crippen molar-refractivity contribution in [1.29, 1.82) is 0 Å². The molecule has 4 nitrogen and oxygen atoms in total. The third-order valence-electron chi connectivity index (χ3n) is 3.61.